The Morgan fingerprint density at radius 3 is 2.29 bits per heavy atom. The van der Waals surface area contributed by atoms with Crippen molar-refractivity contribution in [2.24, 2.45) is 5.92 Å². The van der Waals surface area contributed by atoms with Crippen LogP contribution in [0.15, 0.2) is 0 Å². The molecule has 0 saturated carbocycles. The van der Waals surface area contributed by atoms with Crippen molar-refractivity contribution in [3.63, 3.8) is 0 Å². The van der Waals surface area contributed by atoms with Gasteiger partial charge in [0.25, 0.3) is 10.1 Å². The van der Waals surface area contributed by atoms with Crippen LogP contribution in [-0.4, -0.2) is 37.7 Å². The van der Waals surface area contributed by atoms with E-state index in [4.69, 9.17) is 14.0 Å². The first-order valence-electron chi connectivity index (χ1n) is 4.51. The van der Waals surface area contributed by atoms with Crippen LogP contribution < -0.4 is 0 Å². The van der Waals surface area contributed by atoms with Crippen LogP contribution in [0, 0.1) is 5.92 Å². The molecule has 6 heteroatoms. The minimum Gasteiger partial charge on any atom is -0.350 e. The van der Waals surface area contributed by atoms with Gasteiger partial charge in [0.2, 0.25) is 0 Å². The molecule has 0 radical (unpaired) electrons. The van der Waals surface area contributed by atoms with Crippen LogP contribution in [0.5, 0.6) is 0 Å². The number of rotatable bonds is 3. The minimum atomic E-state index is -3.86. The van der Waals surface area contributed by atoms with Crippen molar-refractivity contribution < 1.29 is 22.4 Å². The van der Waals surface area contributed by atoms with E-state index in [9.17, 15) is 8.42 Å². The van der Waals surface area contributed by atoms with E-state index < -0.39 is 15.9 Å². The van der Waals surface area contributed by atoms with Gasteiger partial charge in [-0.1, -0.05) is 0 Å². The summed E-state index contributed by atoms with van der Waals surface area (Å²) in [5, 5.41) is 0. The summed E-state index contributed by atoms with van der Waals surface area (Å²) < 4.78 is 40.2. The zero-order valence-corrected chi connectivity index (χ0v) is 9.21. The van der Waals surface area contributed by atoms with E-state index in [1.807, 2.05) is 13.8 Å². The van der Waals surface area contributed by atoms with E-state index >= 15 is 0 Å². The van der Waals surface area contributed by atoms with Crippen LogP contribution in [0.3, 0.4) is 0 Å². The first-order valence-corrected chi connectivity index (χ1v) is 6.12. The average molecular weight is 224 g/mol. The predicted octanol–water partition coefficient (Wildman–Crippen LogP) is 0.663. The third-order valence-electron chi connectivity index (χ3n) is 2.12. The van der Waals surface area contributed by atoms with Gasteiger partial charge < -0.3 is 9.47 Å². The number of ether oxygens (including phenoxy) is 2. The van der Waals surface area contributed by atoms with Gasteiger partial charge in [-0.2, -0.15) is 8.42 Å². The third-order valence-corrected chi connectivity index (χ3v) is 2.87. The molecule has 0 aromatic carbocycles. The maximum Gasteiger partial charge on any atom is 0.264 e. The molecule has 1 heterocycles. The Labute approximate surface area is 84.1 Å². The Bertz CT molecular complexity index is 272. The lowest BCUT2D eigenvalue weighted by Crippen LogP contribution is -2.39. The predicted molar refractivity (Wildman–Crippen MR) is 50.5 cm³/mol. The molecule has 0 aliphatic carbocycles. The van der Waals surface area contributed by atoms with E-state index in [0.29, 0.717) is 19.6 Å². The van der Waals surface area contributed by atoms with Crippen LogP contribution in [0.4, 0.5) is 0 Å². The smallest absolute Gasteiger partial charge is 0.264 e. The lowest BCUT2D eigenvalue weighted by Gasteiger charge is -2.34. The van der Waals surface area contributed by atoms with E-state index in [-0.39, 0.29) is 11.7 Å². The van der Waals surface area contributed by atoms with Gasteiger partial charge in [-0.15, -0.1) is 0 Å². The fourth-order valence-electron chi connectivity index (χ4n) is 1.21. The first kappa shape index (κ1) is 11.9. The normalized spacial score (nSPS) is 23.6. The van der Waals surface area contributed by atoms with Crippen molar-refractivity contribution in [3.05, 3.63) is 0 Å². The fraction of sp³-hybridized carbons (Fsp3) is 1.00. The maximum atomic E-state index is 10.5. The molecule has 1 fully saturated rings. The minimum absolute atomic E-state index is 0.0462. The van der Waals surface area contributed by atoms with Crippen molar-refractivity contribution in [1.29, 1.82) is 0 Å². The standard InChI is InChI=1S/C8H16O5S/c1-8(2)12-5-7(6-13-8)3-4-14(9,10)11/h7H,3-6H2,1-2H3,(H,9,10,11). The van der Waals surface area contributed by atoms with Gasteiger partial charge in [-0.3, -0.25) is 4.55 Å². The van der Waals surface area contributed by atoms with Crippen LogP contribution in [0.1, 0.15) is 20.3 Å². The monoisotopic (exact) mass is 224 g/mol. The Kier molecular flexibility index (Phi) is 3.52. The highest BCUT2D eigenvalue weighted by atomic mass is 32.2. The molecule has 1 N–H and O–H groups in total. The summed E-state index contributed by atoms with van der Waals surface area (Å²) in [5.41, 5.74) is 0. The molecule has 0 unspecified atom stereocenters. The summed E-state index contributed by atoms with van der Waals surface area (Å²) >= 11 is 0. The highest BCUT2D eigenvalue weighted by Gasteiger charge is 2.28. The van der Waals surface area contributed by atoms with Gasteiger partial charge in [0, 0.05) is 5.92 Å². The topological polar surface area (TPSA) is 72.8 Å². The highest BCUT2D eigenvalue weighted by molar-refractivity contribution is 7.85. The molecule has 5 nitrogen and oxygen atoms in total. The summed E-state index contributed by atoms with van der Waals surface area (Å²) in [6.45, 7) is 4.57. The van der Waals surface area contributed by atoms with Gasteiger partial charge in [-0.05, 0) is 20.3 Å². The summed E-state index contributed by atoms with van der Waals surface area (Å²) in [5.74, 6) is -0.760. The van der Waals surface area contributed by atoms with Crippen molar-refractivity contribution in [1.82, 2.24) is 0 Å². The molecular weight excluding hydrogens is 208 g/mol. The molecular formula is C8H16O5S. The Balaban J connectivity index is 2.30. The molecule has 84 valence electrons. The second-order valence-corrected chi connectivity index (χ2v) is 5.53. The van der Waals surface area contributed by atoms with Crippen LogP contribution >= 0.6 is 0 Å². The molecule has 1 aliphatic rings. The van der Waals surface area contributed by atoms with Gasteiger partial charge >= 0.3 is 0 Å². The molecule has 0 aromatic heterocycles. The van der Waals surface area contributed by atoms with Gasteiger partial charge in [-0.25, -0.2) is 0 Å². The quantitative estimate of drug-likeness (QED) is 0.713. The Hall–Kier alpha value is -0.170. The fourth-order valence-corrected chi connectivity index (χ4v) is 1.84. The second-order valence-electron chi connectivity index (χ2n) is 3.96. The van der Waals surface area contributed by atoms with E-state index in [2.05, 4.69) is 0 Å². The van der Waals surface area contributed by atoms with E-state index in [0.717, 1.165) is 0 Å². The summed E-state index contributed by atoms with van der Waals surface area (Å²) in [7, 11) is -3.86. The molecule has 0 atom stereocenters. The first-order chi connectivity index (χ1) is 6.29. The number of hydrogen-bond acceptors (Lipinski definition) is 4. The van der Waals surface area contributed by atoms with Gasteiger partial charge in [0.1, 0.15) is 0 Å². The number of hydrogen-bond donors (Lipinski definition) is 1. The van der Waals surface area contributed by atoms with Crippen LogP contribution in [0.25, 0.3) is 0 Å². The molecule has 0 aromatic rings. The zero-order valence-electron chi connectivity index (χ0n) is 8.39. The summed E-state index contributed by atoms with van der Waals surface area (Å²) in [6, 6.07) is 0. The van der Waals surface area contributed by atoms with Gasteiger partial charge in [0.05, 0.1) is 19.0 Å². The zero-order chi connectivity index (χ0) is 10.8. The SMILES string of the molecule is CC1(C)OCC(CCS(=O)(=O)O)CO1. The second kappa shape index (κ2) is 4.14. The van der Waals surface area contributed by atoms with Crippen molar-refractivity contribution in [2.75, 3.05) is 19.0 Å². The average Bonchev–Trinajstić information content (AvgIpc) is 2.01. The molecule has 0 amide bonds. The van der Waals surface area contributed by atoms with Crippen LogP contribution in [0.2, 0.25) is 0 Å². The summed E-state index contributed by atoms with van der Waals surface area (Å²) in [4.78, 5) is 0. The van der Waals surface area contributed by atoms with Crippen molar-refractivity contribution in [2.45, 2.75) is 26.1 Å². The molecule has 1 saturated heterocycles. The maximum absolute atomic E-state index is 10.5. The van der Waals surface area contributed by atoms with Gasteiger partial charge in [0.15, 0.2) is 5.79 Å². The lowest BCUT2D eigenvalue weighted by atomic mass is 10.1. The van der Waals surface area contributed by atoms with Crippen molar-refractivity contribution in [3.8, 4) is 0 Å². The van der Waals surface area contributed by atoms with E-state index in [1.165, 1.54) is 0 Å². The van der Waals surface area contributed by atoms with E-state index in [1.54, 1.807) is 0 Å². The summed E-state index contributed by atoms with van der Waals surface area (Å²) in [6.07, 6.45) is 0.370. The van der Waals surface area contributed by atoms with Crippen LogP contribution in [-0.2, 0) is 19.6 Å². The largest absolute Gasteiger partial charge is 0.350 e. The molecule has 14 heavy (non-hydrogen) atoms. The Morgan fingerprint density at radius 2 is 1.86 bits per heavy atom. The third kappa shape index (κ3) is 4.36. The lowest BCUT2D eigenvalue weighted by molar-refractivity contribution is -0.262. The molecule has 0 bridgehead atoms. The molecule has 1 rings (SSSR count). The molecule has 0 spiro atoms. The molecule has 1 aliphatic heterocycles. The Morgan fingerprint density at radius 1 is 1.36 bits per heavy atom. The highest BCUT2D eigenvalue weighted by Crippen LogP contribution is 2.22. The van der Waals surface area contributed by atoms with Crippen molar-refractivity contribution >= 4 is 10.1 Å².